The summed E-state index contributed by atoms with van der Waals surface area (Å²) in [6, 6.07) is 24.6. The molecule has 0 aliphatic rings. The molecule has 0 bridgehead atoms. The minimum absolute atomic E-state index is 0.0907. The standard InChI is InChI=1S/C32H38N6O3Si/c1-7-40-27-19-14-20-38-28(23(2)33-29(27)38)26(39)21-32(6,30-34-36-37-35-30)22-41-42(31(3,4)5,24-15-10-8-11-16-24)25-17-12-9-13-18-25/h8-20H,7,21-22H2,1-6H3,(H,34,35,36,37). The molecule has 0 saturated heterocycles. The molecule has 0 radical (unpaired) electrons. The van der Waals surface area contributed by atoms with E-state index in [0.717, 1.165) is 10.4 Å². The van der Waals surface area contributed by atoms with Crippen molar-refractivity contribution in [1.82, 2.24) is 30.0 Å². The smallest absolute Gasteiger partial charge is 0.261 e. The molecule has 3 heterocycles. The molecule has 0 amide bonds. The maximum absolute atomic E-state index is 14.1. The molecule has 0 spiro atoms. The number of carbonyl (C=O) groups excluding carboxylic acids is 1. The number of ether oxygens (including phenoxy) is 1. The van der Waals surface area contributed by atoms with Crippen molar-refractivity contribution in [2.75, 3.05) is 13.2 Å². The quantitative estimate of drug-likeness (QED) is 0.178. The number of ketones is 1. The van der Waals surface area contributed by atoms with Crippen LogP contribution in [0.4, 0.5) is 0 Å². The van der Waals surface area contributed by atoms with Gasteiger partial charge in [0.1, 0.15) is 5.69 Å². The number of aryl methyl sites for hydroxylation is 1. The van der Waals surface area contributed by atoms with Crippen molar-refractivity contribution in [3.05, 3.63) is 96.2 Å². The summed E-state index contributed by atoms with van der Waals surface area (Å²) < 4.78 is 14.8. The third kappa shape index (κ3) is 5.27. The molecule has 1 unspecified atom stereocenters. The first-order valence-electron chi connectivity index (χ1n) is 14.2. The zero-order valence-electron chi connectivity index (χ0n) is 25.1. The van der Waals surface area contributed by atoms with Crippen molar-refractivity contribution in [2.24, 2.45) is 0 Å². The fourth-order valence-corrected chi connectivity index (χ4v) is 10.5. The Hall–Kier alpha value is -4.15. The average Bonchev–Trinajstić information content (AvgIpc) is 3.63. The number of tetrazole rings is 1. The number of aromatic nitrogens is 6. The number of pyridine rings is 1. The van der Waals surface area contributed by atoms with E-state index in [1.54, 1.807) is 0 Å². The van der Waals surface area contributed by atoms with Gasteiger partial charge in [0.15, 0.2) is 23.0 Å². The molecule has 0 aliphatic carbocycles. The monoisotopic (exact) mass is 582 g/mol. The van der Waals surface area contributed by atoms with Crippen LogP contribution in [-0.2, 0) is 9.84 Å². The van der Waals surface area contributed by atoms with Gasteiger partial charge in [-0.15, -0.1) is 10.2 Å². The van der Waals surface area contributed by atoms with Gasteiger partial charge in [-0.1, -0.05) is 86.6 Å². The molecular weight excluding hydrogens is 544 g/mol. The van der Waals surface area contributed by atoms with E-state index < -0.39 is 13.7 Å². The summed E-state index contributed by atoms with van der Waals surface area (Å²) in [5, 5.41) is 17.2. The summed E-state index contributed by atoms with van der Waals surface area (Å²) in [4.78, 5) is 18.8. The molecular formula is C32H38N6O3Si. The highest BCUT2D eigenvalue weighted by Gasteiger charge is 2.51. The predicted molar refractivity (Wildman–Crippen MR) is 165 cm³/mol. The van der Waals surface area contributed by atoms with Crippen molar-refractivity contribution in [3.63, 3.8) is 0 Å². The van der Waals surface area contributed by atoms with E-state index in [0.29, 0.717) is 35.2 Å². The SMILES string of the molecule is CCOc1cccn2c(C(=O)CC(C)(CO[Si](c3ccccc3)(c3ccccc3)C(C)(C)C)c3nn[nH]n3)c(C)nc12. The van der Waals surface area contributed by atoms with Crippen molar-refractivity contribution in [1.29, 1.82) is 0 Å². The predicted octanol–water partition coefficient (Wildman–Crippen LogP) is 4.66. The number of nitrogens with one attached hydrogen (secondary N) is 1. The Bertz CT molecular complexity index is 1610. The second kappa shape index (κ2) is 11.6. The number of nitrogens with zero attached hydrogens (tertiary/aromatic N) is 5. The molecule has 5 aromatic rings. The van der Waals surface area contributed by atoms with Gasteiger partial charge in [-0.05, 0) is 48.3 Å². The first-order chi connectivity index (χ1) is 20.1. The summed E-state index contributed by atoms with van der Waals surface area (Å²) in [5.41, 5.74) is 0.873. The number of hydrogen-bond donors (Lipinski definition) is 1. The molecule has 42 heavy (non-hydrogen) atoms. The van der Waals surface area contributed by atoms with E-state index in [2.05, 4.69) is 94.9 Å². The highest BCUT2D eigenvalue weighted by Crippen LogP contribution is 2.39. The van der Waals surface area contributed by atoms with E-state index >= 15 is 0 Å². The first kappa shape index (κ1) is 29.3. The molecule has 1 atom stereocenters. The lowest BCUT2D eigenvalue weighted by Crippen LogP contribution is -2.67. The fraction of sp³-hybridized carbons (Fsp3) is 0.344. The topological polar surface area (TPSA) is 107 Å². The number of fused-ring (bicyclic) bond motifs is 1. The van der Waals surface area contributed by atoms with E-state index in [-0.39, 0.29) is 23.8 Å². The Morgan fingerprint density at radius 2 is 1.60 bits per heavy atom. The lowest BCUT2D eigenvalue weighted by atomic mass is 9.84. The molecule has 0 fully saturated rings. The van der Waals surface area contributed by atoms with Crippen molar-refractivity contribution in [3.8, 4) is 5.75 Å². The van der Waals surface area contributed by atoms with Gasteiger partial charge in [0.2, 0.25) is 0 Å². The summed E-state index contributed by atoms with van der Waals surface area (Å²) in [6.45, 7) is 13.1. The lowest BCUT2D eigenvalue weighted by molar-refractivity contribution is 0.0913. The molecule has 1 N–H and O–H groups in total. The number of rotatable bonds is 11. The van der Waals surface area contributed by atoms with Crippen molar-refractivity contribution >= 4 is 30.1 Å². The van der Waals surface area contributed by atoms with Gasteiger partial charge in [0.25, 0.3) is 8.32 Å². The van der Waals surface area contributed by atoms with Crippen molar-refractivity contribution < 1.29 is 14.0 Å². The second-order valence-corrected chi connectivity index (χ2v) is 16.2. The fourth-order valence-electron chi connectivity index (χ4n) is 5.84. The van der Waals surface area contributed by atoms with E-state index in [9.17, 15) is 4.79 Å². The normalized spacial score (nSPS) is 13.7. The third-order valence-electron chi connectivity index (χ3n) is 7.81. The van der Waals surface area contributed by atoms with Crippen LogP contribution in [0.3, 0.4) is 0 Å². The first-order valence-corrected chi connectivity index (χ1v) is 16.1. The van der Waals surface area contributed by atoms with E-state index in [4.69, 9.17) is 9.16 Å². The average molecular weight is 583 g/mol. The molecule has 3 aromatic heterocycles. The van der Waals surface area contributed by atoms with Gasteiger partial charge in [0.05, 0.1) is 17.7 Å². The molecule has 0 aliphatic heterocycles. The molecule has 2 aromatic carbocycles. The summed E-state index contributed by atoms with van der Waals surface area (Å²) in [6.07, 6.45) is 1.94. The Kier molecular flexibility index (Phi) is 8.11. The number of Topliss-reactive ketones (excluding diaryl/α,β-unsaturated/α-hetero) is 1. The lowest BCUT2D eigenvalue weighted by Gasteiger charge is -2.44. The second-order valence-electron chi connectivity index (χ2n) is 11.9. The van der Waals surface area contributed by atoms with Gasteiger partial charge < -0.3 is 9.16 Å². The number of benzene rings is 2. The Morgan fingerprint density at radius 3 is 2.14 bits per heavy atom. The van der Waals surface area contributed by atoms with Crippen LogP contribution < -0.4 is 15.1 Å². The number of carbonyl (C=O) groups is 1. The highest BCUT2D eigenvalue weighted by atomic mass is 28.4. The number of aromatic amines is 1. The van der Waals surface area contributed by atoms with Gasteiger partial charge in [0, 0.05) is 19.2 Å². The van der Waals surface area contributed by atoms with E-state index in [1.165, 1.54) is 0 Å². The third-order valence-corrected chi connectivity index (χ3v) is 12.8. The number of H-pyrrole nitrogens is 1. The summed E-state index contributed by atoms with van der Waals surface area (Å²) >= 11 is 0. The Morgan fingerprint density at radius 1 is 0.952 bits per heavy atom. The molecule has 0 saturated carbocycles. The van der Waals surface area contributed by atoms with Crippen LogP contribution in [0, 0.1) is 6.92 Å². The van der Waals surface area contributed by atoms with Crippen LogP contribution in [0.25, 0.3) is 5.65 Å². The van der Waals surface area contributed by atoms with Gasteiger partial charge in [-0.25, -0.2) is 4.98 Å². The van der Waals surface area contributed by atoms with Crippen LogP contribution in [0.1, 0.15) is 63.0 Å². The van der Waals surface area contributed by atoms with Crippen LogP contribution in [0.2, 0.25) is 5.04 Å². The molecule has 218 valence electrons. The van der Waals surface area contributed by atoms with Crippen LogP contribution in [0.5, 0.6) is 5.75 Å². The highest BCUT2D eigenvalue weighted by molar-refractivity contribution is 6.99. The minimum Gasteiger partial charge on any atom is -0.490 e. The maximum atomic E-state index is 14.1. The van der Waals surface area contributed by atoms with Gasteiger partial charge in [-0.2, -0.15) is 5.21 Å². The van der Waals surface area contributed by atoms with Gasteiger partial charge >= 0.3 is 0 Å². The van der Waals surface area contributed by atoms with Crippen molar-refractivity contribution in [2.45, 2.75) is 58.4 Å². The molecule has 9 nitrogen and oxygen atoms in total. The zero-order chi connectivity index (χ0) is 30.0. The van der Waals surface area contributed by atoms with Gasteiger partial charge in [-0.3, -0.25) is 9.20 Å². The number of hydrogen-bond acceptors (Lipinski definition) is 7. The molecule has 5 rings (SSSR count). The Balaban J connectivity index is 1.57. The summed E-state index contributed by atoms with van der Waals surface area (Å²) in [5.74, 6) is 0.973. The number of imidazole rings is 1. The van der Waals surface area contributed by atoms with Crippen LogP contribution in [-0.4, -0.2) is 57.3 Å². The molecule has 10 heteroatoms. The zero-order valence-corrected chi connectivity index (χ0v) is 26.1. The Labute approximate surface area is 247 Å². The van der Waals surface area contributed by atoms with Crippen LogP contribution >= 0.6 is 0 Å². The summed E-state index contributed by atoms with van der Waals surface area (Å²) in [7, 11) is -2.89. The van der Waals surface area contributed by atoms with E-state index in [1.807, 2.05) is 55.6 Å². The maximum Gasteiger partial charge on any atom is 0.261 e. The largest absolute Gasteiger partial charge is 0.490 e. The van der Waals surface area contributed by atoms with Crippen LogP contribution in [0.15, 0.2) is 79.0 Å². The minimum atomic E-state index is -2.89.